The highest BCUT2D eigenvalue weighted by molar-refractivity contribution is 5.71. The second-order valence-electron chi connectivity index (χ2n) is 20.6. The molecule has 0 bridgehead atoms. The third-order valence-corrected chi connectivity index (χ3v) is 13.3. The molecule has 0 saturated carbocycles. The molecule has 0 aromatic rings. The topological polar surface area (TPSA) is 78.9 Å². The van der Waals surface area contributed by atoms with Crippen molar-refractivity contribution in [3.8, 4) is 0 Å². The van der Waals surface area contributed by atoms with E-state index in [1.54, 1.807) is 0 Å². The van der Waals surface area contributed by atoms with Gasteiger partial charge in [-0.3, -0.25) is 14.4 Å². The van der Waals surface area contributed by atoms with Gasteiger partial charge in [-0.25, -0.2) is 0 Å². The molecule has 0 fully saturated rings. The van der Waals surface area contributed by atoms with Crippen LogP contribution in [0, 0.1) is 0 Å². The second-order valence-corrected chi connectivity index (χ2v) is 20.6. The van der Waals surface area contributed by atoms with Gasteiger partial charge in [0.1, 0.15) is 13.2 Å². The summed E-state index contributed by atoms with van der Waals surface area (Å²) in [6.07, 6.45) is 82.8. The molecule has 0 aliphatic carbocycles. The van der Waals surface area contributed by atoms with Gasteiger partial charge in [-0.05, 0) is 96.3 Å². The highest BCUT2D eigenvalue weighted by Gasteiger charge is 2.19. The predicted molar refractivity (Wildman–Crippen MR) is 320 cm³/mol. The molecule has 0 amide bonds. The minimum atomic E-state index is -0.804. The Morgan fingerprint density at radius 1 is 0.284 bits per heavy atom. The van der Waals surface area contributed by atoms with Crippen molar-refractivity contribution in [3.05, 3.63) is 97.2 Å². The molecule has 0 spiro atoms. The van der Waals surface area contributed by atoms with Crippen LogP contribution in [-0.2, 0) is 28.6 Å². The maximum Gasteiger partial charge on any atom is 0.306 e. The SMILES string of the molecule is CC/C=C\C/C=C\C/C=C\C/C=C\C/C=C\C/C=C\C/C=C\CCCC(=O)OCC(COC(=O)CCCCCCC/C=C\CCCCC)OC(=O)CCCCCCCCCCCCCCCCCCCCCCC. The number of unbranched alkanes of at least 4 members (excludes halogenated alkanes) is 29. The van der Waals surface area contributed by atoms with E-state index < -0.39 is 6.10 Å². The van der Waals surface area contributed by atoms with Gasteiger partial charge in [0.05, 0.1) is 0 Å². The molecular formula is C68H116O6. The Balaban J connectivity index is 4.41. The van der Waals surface area contributed by atoms with Crippen molar-refractivity contribution in [1.29, 1.82) is 0 Å². The number of esters is 3. The predicted octanol–water partition coefficient (Wildman–Crippen LogP) is 21.3. The van der Waals surface area contributed by atoms with E-state index in [-0.39, 0.29) is 37.5 Å². The van der Waals surface area contributed by atoms with Crippen LogP contribution in [0.5, 0.6) is 0 Å². The van der Waals surface area contributed by atoms with E-state index in [4.69, 9.17) is 14.2 Å². The molecular weight excluding hydrogens is 913 g/mol. The second kappa shape index (κ2) is 61.9. The molecule has 0 aromatic carbocycles. The van der Waals surface area contributed by atoms with Gasteiger partial charge in [0.15, 0.2) is 6.10 Å². The van der Waals surface area contributed by atoms with Crippen molar-refractivity contribution in [2.75, 3.05) is 13.2 Å². The number of hydrogen-bond acceptors (Lipinski definition) is 6. The summed E-state index contributed by atoms with van der Waals surface area (Å²) in [6, 6.07) is 0. The molecule has 0 heterocycles. The van der Waals surface area contributed by atoms with E-state index in [2.05, 4.69) is 118 Å². The Hall–Kier alpha value is -3.67. The van der Waals surface area contributed by atoms with Crippen LogP contribution in [0.15, 0.2) is 97.2 Å². The largest absolute Gasteiger partial charge is 0.462 e. The van der Waals surface area contributed by atoms with Crippen molar-refractivity contribution >= 4 is 17.9 Å². The number of rotatable bonds is 56. The molecule has 0 N–H and O–H groups in total. The molecule has 1 unspecified atom stereocenters. The fourth-order valence-electron chi connectivity index (χ4n) is 8.66. The lowest BCUT2D eigenvalue weighted by Gasteiger charge is -2.18. The van der Waals surface area contributed by atoms with Gasteiger partial charge in [-0.1, -0.05) is 279 Å². The van der Waals surface area contributed by atoms with Gasteiger partial charge in [-0.15, -0.1) is 0 Å². The van der Waals surface area contributed by atoms with Crippen molar-refractivity contribution in [3.63, 3.8) is 0 Å². The van der Waals surface area contributed by atoms with Crippen LogP contribution < -0.4 is 0 Å². The average Bonchev–Trinajstić information content (AvgIpc) is 3.40. The van der Waals surface area contributed by atoms with E-state index in [0.717, 1.165) is 103 Å². The van der Waals surface area contributed by atoms with Gasteiger partial charge in [0, 0.05) is 19.3 Å². The Labute approximate surface area is 457 Å². The summed E-state index contributed by atoms with van der Waals surface area (Å²) in [4.78, 5) is 38.2. The molecule has 6 nitrogen and oxygen atoms in total. The Morgan fingerprint density at radius 3 is 0.919 bits per heavy atom. The quantitative estimate of drug-likeness (QED) is 0.0261. The van der Waals surface area contributed by atoms with E-state index >= 15 is 0 Å². The first-order chi connectivity index (χ1) is 36.5. The zero-order chi connectivity index (χ0) is 53.6. The lowest BCUT2D eigenvalue weighted by molar-refractivity contribution is -0.167. The minimum Gasteiger partial charge on any atom is -0.462 e. The van der Waals surface area contributed by atoms with Gasteiger partial charge >= 0.3 is 17.9 Å². The first-order valence-electron chi connectivity index (χ1n) is 31.2. The first kappa shape index (κ1) is 70.3. The number of allylic oxidation sites excluding steroid dienone is 16. The summed E-state index contributed by atoms with van der Waals surface area (Å²) in [5, 5.41) is 0. The van der Waals surface area contributed by atoms with Crippen LogP contribution in [0.25, 0.3) is 0 Å². The smallest absolute Gasteiger partial charge is 0.306 e. The van der Waals surface area contributed by atoms with Crippen LogP contribution >= 0.6 is 0 Å². The van der Waals surface area contributed by atoms with Crippen molar-refractivity contribution in [2.24, 2.45) is 0 Å². The molecule has 0 saturated heterocycles. The zero-order valence-electron chi connectivity index (χ0n) is 48.6. The monoisotopic (exact) mass is 1030 g/mol. The highest BCUT2D eigenvalue weighted by Crippen LogP contribution is 2.16. The van der Waals surface area contributed by atoms with Gasteiger partial charge in [0.2, 0.25) is 0 Å². The Kier molecular flexibility index (Phi) is 58.8. The standard InChI is InChI=1S/C68H116O6/c1-4-7-10-13-16-19-22-25-27-29-31-33-34-36-37-39-41-43-46-49-52-55-58-61-67(70)73-64-65(63-72-66(69)60-57-54-51-48-45-24-21-18-15-12-9-6-3)74-68(71)62-59-56-53-50-47-44-42-40-38-35-32-30-28-26-23-20-17-14-11-8-5-2/h7,10,16,18-19,21,25,27,31,33,36-37,41,43,49,52,65H,4-6,8-9,11-15,17,20,22-24,26,28-30,32,34-35,38-40,42,44-48,50-51,53-64H2,1-3H3/b10-7-,19-16-,21-18-,27-25-,33-31-,37-36-,43-41-,52-49-. The summed E-state index contributed by atoms with van der Waals surface area (Å²) in [5.41, 5.74) is 0. The lowest BCUT2D eigenvalue weighted by atomic mass is 10.0. The van der Waals surface area contributed by atoms with Crippen LogP contribution in [0.1, 0.15) is 297 Å². The highest BCUT2D eigenvalue weighted by atomic mass is 16.6. The van der Waals surface area contributed by atoms with E-state index in [0.29, 0.717) is 19.3 Å². The zero-order valence-corrected chi connectivity index (χ0v) is 48.6. The molecule has 0 aromatic heterocycles. The van der Waals surface area contributed by atoms with Gasteiger partial charge in [0.25, 0.3) is 0 Å². The van der Waals surface area contributed by atoms with E-state index in [1.165, 1.54) is 148 Å². The van der Waals surface area contributed by atoms with E-state index in [9.17, 15) is 14.4 Å². The molecule has 424 valence electrons. The molecule has 0 radical (unpaired) electrons. The Morgan fingerprint density at radius 2 is 0.541 bits per heavy atom. The lowest BCUT2D eigenvalue weighted by Crippen LogP contribution is -2.30. The summed E-state index contributed by atoms with van der Waals surface area (Å²) < 4.78 is 16.8. The molecule has 0 aliphatic rings. The van der Waals surface area contributed by atoms with Crippen molar-refractivity contribution in [2.45, 2.75) is 303 Å². The summed E-state index contributed by atoms with van der Waals surface area (Å²) in [6.45, 7) is 6.47. The van der Waals surface area contributed by atoms with E-state index in [1.807, 2.05) is 0 Å². The molecule has 6 heteroatoms. The maximum atomic E-state index is 12.9. The summed E-state index contributed by atoms with van der Waals surface area (Å²) >= 11 is 0. The Bertz CT molecular complexity index is 1460. The summed E-state index contributed by atoms with van der Waals surface area (Å²) in [5.74, 6) is -0.959. The average molecular weight is 1030 g/mol. The van der Waals surface area contributed by atoms with Crippen molar-refractivity contribution < 1.29 is 28.6 Å². The van der Waals surface area contributed by atoms with Crippen LogP contribution in [0.3, 0.4) is 0 Å². The van der Waals surface area contributed by atoms with Crippen LogP contribution in [0.4, 0.5) is 0 Å². The molecule has 1 atom stereocenters. The van der Waals surface area contributed by atoms with Gasteiger partial charge in [-0.2, -0.15) is 0 Å². The third kappa shape index (κ3) is 59.2. The third-order valence-electron chi connectivity index (χ3n) is 13.3. The maximum absolute atomic E-state index is 12.9. The van der Waals surface area contributed by atoms with Crippen LogP contribution in [-0.4, -0.2) is 37.2 Å². The summed E-state index contributed by atoms with van der Waals surface area (Å²) in [7, 11) is 0. The number of ether oxygens (including phenoxy) is 3. The number of carbonyl (C=O) groups is 3. The first-order valence-corrected chi connectivity index (χ1v) is 31.2. The molecule has 0 aliphatic heterocycles. The number of carbonyl (C=O) groups excluding carboxylic acids is 3. The van der Waals surface area contributed by atoms with Gasteiger partial charge < -0.3 is 14.2 Å². The fourth-order valence-corrected chi connectivity index (χ4v) is 8.66. The molecule has 74 heavy (non-hydrogen) atoms. The normalized spacial score (nSPS) is 12.7. The van der Waals surface area contributed by atoms with Crippen LogP contribution in [0.2, 0.25) is 0 Å². The minimum absolute atomic E-state index is 0.0981. The van der Waals surface area contributed by atoms with Crippen molar-refractivity contribution in [1.82, 2.24) is 0 Å². The number of hydrogen-bond donors (Lipinski definition) is 0. The molecule has 0 rings (SSSR count). The fraction of sp³-hybridized carbons (Fsp3) is 0.721.